The second-order valence-corrected chi connectivity index (χ2v) is 8.08. The van der Waals surface area contributed by atoms with Gasteiger partial charge in [-0.15, -0.1) is 11.3 Å². The van der Waals surface area contributed by atoms with Gasteiger partial charge in [0.2, 0.25) is 5.91 Å². The van der Waals surface area contributed by atoms with Crippen molar-refractivity contribution in [2.75, 3.05) is 0 Å². The monoisotopic (exact) mass is 367 g/mol. The number of thiophene rings is 2. The molecule has 1 fully saturated rings. The van der Waals surface area contributed by atoms with Gasteiger partial charge in [-0.2, -0.15) is 11.3 Å². The van der Waals surface area contributed by atoms with Crippen LogP contribution in [-0.4, -0.2) is 16.8 Å². The Morgan fingerprint density at radius 2 is 2.25 bits per heavy atom. The number of halogens is 1. The first-order valence-corrected chi connectivity index (χ1v) is 9.03. The molecule has 0 unspecified atom stereocenters. The van der Waals surface area contributed by atoms with Crippen molar-refractivity contribution in [2.45, 2.75) is 25.4 Å². The SMILES string of the molecule is O=C(/C=C/c1ccc(Br)s1)N(Cc1ccsc1)C1CC1. The summed E-state index contributed by atoms with van der Waals surface area (Å²) in [4.78, 5) is 15.4. The van der Waals surface area contributed by atoms with Gasteiger partial charge in [-0.25, -0.2) is 0 Å². The maximum atomic E-state index is 12.4. The summed E-state index contributed by atoms with van der Waals surface area (Å²) in [6.07, 6.45) is 5.87. The molecule has 2 nitrogen and oxygen atoms in total. The van der Waals surface area contributed by atoms with Crippen LogP contribution in [0.3, 0.4) is 0 Å². The highest BCUT2D eigenvalue weighted by Crippen LogP contribution is 2.29. The van der Waals surface area contributed by atoms with E-state index in [4.69, 9.17) is 0 Å². The van der Waals surface area contributed by atoms with Crippen molar-refractivity contribution in [3.05, 3.63) is 49.3 Å². The Balaban J connectivity index is 1.68. The molecule has 0 N–H and O–H groups in total. The Morgan fingerprint density at radius 3 is 2.85 bits per heavy atom. The molecule has 5 heteroatoms. The molecular weight excluding hydrogens is 354 g/mol. The first kappa shape index (κ1) is 14.0. The van der Waals surface area contributed by atoms with E-state index in [2.05, 4.69) is 32.8 Å². The lowest BCUT2D eigenvalue weighted by Gasteiger charge is -2.20. The molecule has 0 radical (unpaired) electrons. The van der Waals surface area contributed by atoms with Gasteiger partial charge in [0.1, 0.15) is 0 Å². The summed E-state index contributed by atoms with van der Waals surface area (Å²) in [5, 5.41) is 4.17. The largest absolute Gasteiger partial charge is 0.332 e. The molecule has 1 aliphatic carbocycles. The highest BCUT2D eigenvalue weighted by molar-refractivity contribution is 9.11. The first-order chi connectivity index (χ1) is 9.72. The number of nitrogens with zero attached hydrogens (tertiary/aromatic N) is 1. The van der Waals surface area contributed by atoms with Crippen LogP contribution in [0.25, 0.3) is 6.08 Å². The molecule has 0 bridgehead atoms. The Kier molecular flexibility index (Phi) is 4.38. The number of amides is 1. The van der Waals surface area contributed by atoms with Crippen molar-refractivity contribution in [2.24, 2.45) is 0 Å². The zero-order valence-corrected chi connectivity index (χ0v) is 14.0. The van der Waals surface area contributed by atoms with Crippen LogP contribution < -0.4 is 0 Å². The minimum Gasteiger partial charge on any atom is -0.332 e. The Hall–Kier alpha value is -0.910. The number of hydrogen-bond acceptors (Lipinski definition) is 3. The van der Waals surface area contributed by atoms with Crippen molar-refractivity contribution in [1.29, 1.82) is 0 Å². The fourth-order valence-electron chi connectivity index (χ4n) is 2.02. The van der Waals surface area contributed by atoms with E-state index in [0.29, 0.717) is 6.04 Å². The van der Waals surface area contributed by atoms with Crippen LogP contribution in [-0.2, 0) is 11.3 Å². The molecule has 104 valence electrons. The van der Waals surface area contributed by atoms with Gasteiger partial charge < -0.3 is 4.90 Å². The van der Waals surface area contributed by atoms with Gasteiger partial charge in [0, 0.05) is 23.5 Å². The molecule has 2 aromatic heterocycles. The average Bonchev–Trinajstić information content (AvgIpc) is 2.97. The van der Waals surface area contributed by atoms with Crippen LogP contribution in [0, 0.1) is 0 Å². The molecule has 2 aromatic rings. The normalized spacial score (nSPS) is 14.8. The molecule has 20 heavy (non-hydrogen) atoms. The second-order valence-electron chi connectivity index (χ2n) is 4.80. The summed E-state index contributed by atoms with van der Waals surface area (Å²) < 4.78 is 1.09. The van der Waals surface area contributed by atoms with Crippen LogP contribution in [0.4, 0.5) is 0 Å². The zero-order valence-electron chi connectivity index (χ0n) is 10.8. The predicted molar refractivity (Wildman–Crippen MR) is 88.9 cm³/mol. The van der Waals surface area contributed by atoms with Crippen molar-refractivity contribution in [3.8, 4) is 0 Å². The van der Waals surface area contributed by atoms with Crippen LogP contribution >= 0.6 is 38.6 Å². The molecule has 0 atom stereocenters. The molecule has 1 amide bonds. The van der Waals surface area contributed by atoms with Gasteiger partial charge in [-0.3, -0.25) is 4.79 Å². The highest BCUT2D eigenvalue weighted by atomic mass is 79.9. The standard InChI is InChI=1S/C15H14BrNOS2/c16-14-5-3-13(20-14)4-6-15(18)17(12-1-2-12)9-11-7-8-19-10-11/h3-8,10,12H,1-2,9H2/b6-4+. The van der Waals surface area contributed by atoms with E-state index in [1.807, 2.05) is 23.1 Å². The molecule has 3 rings (SSSR count). The lowest BCUT2D eigenvalue weighted by atomic mass is 10.3. The van der Waals surface area contributed by atoms with Crippen molar-refractivity contribution in [1.82, 2.24) is 4.90 Å². The Labute approximate surface area is 134 Å². The number of carbonyl (C=O) groups excluding carboxylic acids is 1. The van der Waals surface area contributed by atoms with Gasteiger partial charge in [0.25, 0.3) is 0 Å². The van der Waals surface area contributed by atoms with Crippen LogP contribution in [0.1, 0.15) is 23.3 Å². The van der Waals surface area contributed by atoms with E-state index in [1.54, 1.807) is 28.7 Å². The molecule has 0 aliphatic heterocycles. The third-order valence-electron chi connectivity index (χ3n) is 3.19. The predicted octanol–water partition coefficient (Wildman–Crippen LogP) is 4.78. The second kappa shape index (κ2) is 6.24. The van der Waals surface area contributed by atoms with Crippen LogP contribution in [0.5, 0.6) is 0 Å². The van der Waals surface area contributed by atoms with Gasteiger partial charge in [0.15, 0.2) is 0 Å². The molecule has 1 saturated carbocycles. The maximum absolute atomic E-state index is 12.4. The lowest BCUT2D eigenvalue weighted by Crippen LogP contribution is -2.30. The van der Waals surface area contributed by atoms with Crippen molar-refractivity contribution < 1.29 is 4.79 Å². The van der Waals surface area contributed by atoms with Gasteiger partial charge in [-0.05, 0) is 69.4 Å². The average molecular weight is 368 g/mol. The summed E-state index contributed by atoms with van der Waals surface area (Å²) in [6.45, 7) is 0.728. The topological polar surface area (TPSA) is 20.3 Å². The summed E-state index contributed by atoms with van der Waals surface area (Å²) in [5.41, 5.74) is 1.22. The summed E-state index contributed by atoms with van der Waals surface area (Å²) in [7, 11) is 0. The van der Waals surface area contributed by atoms with E-state index < -0.39 is 0 Å². The molecule has 0 saturated heterocycles. The minimum atomic E-state index is 0.114. The lowest BCUT2D eigenvalue weighted by molar-refractivity contribution is -0.127. The van der Waals surface area contributed by atoms with E-state index in [9.17, 15) is 4.79 Å². The summed E-state index contributed by atoms with van der Waals surface area (Å²) in [6, 6.07) is 6.53. The molecule has 0 spiro atoms. The van der Waals surface area contributed by atoms with Crippen LogP contribution in [0.15, 0.2) is 38.8 Å². The maximum Gasteiger partial charge on any atom is 0.247 e. The fraction of sp³-hybridized carbons (Fsp3) is 0.267. The molecular formula is C15H14BrNOS2. The van der Waals surface area contributed by atoms with Gasteiger partial charge >= 0.3 is 0 Å². The van der Waals surface area contributed by atoms with E-state index in [-0.39, 0.29) is 5.91 Å². The Morgan fingerprint density at radius 1 is 1.40 bits per heavy atom. The third kappa shape index (κ3) is 3.59. The highest BCUT2D eigenvalue weighted by Gasteiger charge is 2.31. The number of rotatable bonds is 5. The van der Waals surface area contributed by atoms with Gasteiger partial charge in [-0.1, -0.05) is 0 Å². The molecule has 2 heterocycles. The smallest absolute Gasteiger partial charge is 0.247 e. The van der Waals surface area contributed by atoms with Crippen LogP contribution in [0.2, 0.25) is 0 Å². The quantitative estimate of drug-likeness (QED) is 0.696. The van der Waals surface area contributed by atoms with Gasteiger partial charge in [0.05, 0.1) is 3.79 Å². The summed E-state index contributed by atoms with van der Waals surface area (Å²) >= 11 is 6.74. The molecule has 0 aromatic carbocycles. The first-order valence-electron chi connectivity index (χ1n) is 6.47. The zero-order chi connectivity index (χ0) is 13.9. The Bertz CT molecular complexity index is 614. The number of hydrogen-bond donors (Lipinski definition) is 0. The fourth-order valence-corrected chi connectivity index (χ4v) is 4.01. The minimum absolute atomic E-state index is 0.114. The van der Waals surface area contributed by atoms with E-state index in [1.165, 1.54) is 5.56 Å². The third-order valence-corrected chi connectivity index (χ3v) is 5.51. The number of carbonyl (C=O) groups is 1. The van der Waals surface area contributed by atoms with Crippen molar-refractivity contribution in [3.63, 3.8) is 0 Å². The molecule has 1 aliphatic rings. The van der Waals surface area contributed by atoms with E-state index >= 15 is 0 Å². The van der Waals surface area contributed by atoms with E-state index in [0.717, 1.165) is 28.0 Å². The van der Waals surface area contributed by atoms with Crippen molar-refractivity contribution >= 4 is 50.6 Å². The summed E-state index contributed by atoms with van der Waals surface area (Å²) in [5.74, 6) is 0.114.